The van der Waals surface area contributed by atoms with Crippen LogP contribution in [0.2, 0.25) is 5.02 Å². The predicted molar refractivity (Wildman–Crippen MR) is 90.8 cm³/mol. The van der Waals surface area contributed by atoms with Gasteiger partial charge in [0.05, 0.1) is 12.6 Å². The maximum absolute atomic E-state index is 12.0. The highest BCUT2D eigenvalue weighted by atomic mass is 35.5. The van der Waals surface area contributed by atoms with Crippen LogP contribution in [0.4, 0.5) is 0 Å². The van der Waals surface area contributed by atoms with Crippen molar-refractivity contribution in [1.29, 1.82) is 0 Å². The number of carbonyl (C=O) groups is 1. The molecule has 0 saturated carbocycles. The molecule has 1 aliphatic heterocycles. The monoisotopic (exact) mass is 372 g/mol. The molecule has 0 aliphatic carbocycles. The number of aromatic nitrogens is 2. The molecular weight excluding hydrogens is 355 g/mol. The summed E-state index contributed by atoms with van der Waals surface area (Å²) in [6.45, 7) is 0.579. The second-order valence-corrected chi connectivity index (χ2v) is 5.74. The lowest BCUT2D eigenvalue weighted by Crippen LogP contribution is -2.35. The molecule has 2 aromatic rings. The van der Waals surface area contributed by atoms with E-state index in [0.29, 0.717) is 29.7 Å². The summed E-state index contributed by atoms with van der Waals surface area (Å²) in [5.41, 5.74) is 6.28. The molecule has 130 valence electrons. The molecule has 1 aromatic carbocycles. The number of rotatable bonds is 5. The van der Waals surface area contributed by atoms with E-state index in [4.69, 9.17) is 26.6 Å². The standard InChI is InChI=1S/C15H17ClN4O3.ClH/c16-10-3-1-2-9(6-10)14-19-13(23-20-14)8-18-15(21)12-5-4-11(7-17)22-12;/h1-3,6,11-12H,4-5,7-8,17H2,(H,18,21);1H/t11-,12+;/m1./s1. The highest BCUT2D eigenvalue weighted by Gasteiger charge is 2.29. The number of hydrogen-bond acceptors (Lipinski definition) is 6. The van der Waals surface area contributed by atoms with Gasteiger partial charge in [-0.25, -0.2) is 0 Å². The lowest BCUT2D eigenvalue weighted by molar-refractivity contribution is -0.132. The Morgan fingerprint density at radius 2 is 2.25 bits per heavy atom. The second-order valence-electron chi connectivity index (χ2n) is 5.30. The Morgan fingerprint density at radius 3 is 2.96 bits per heavy atom. The van der Waals surface area contributed by atoms with E-state index in [1.807, 2.05) is 6.07 Å². The van der Waals surface area contributed by atoms with Crippen LogP contribution in [-0.4, -0.2) is 34.8 Å². The maximum Gasteiger partial charge on any atom is 0.249 e. The number of nitrogens with zero attached hydrogens (tertiary/aromatic N) is 2. The highest BCUT2D eigenvalue weighted by Crippen LogP contribution is 2.20. The van der Waals surface area contributed by atoms with Gasteiger partial charge in [-0.2, -0.15) is 4.98 Å². The van der Waals surface area contributed by atoms with Gasteiger partial charge in [0.15, 0.2) is 0 Å². The zero-order valence-electron chi connectivity index (χ0n) is 12.8. The summed E-state index contributed by atoms with van der Waals surface area (Å²) in [6, 6.07) is 7.15. The lowest BCUT2D eigenvalue weighted by atomic mass is 10.2. The van der Waals surface area contributed by atoms with E-state index in [9.17, 15) is 4.79 Å². The number of ether oxygens (including phenoxy) is 1. The Bertz CT molecular complexity index is 695. The van der Waals surface area contributed by atoms with Crippen molar-refractivity contribution in [2.24, 2.45) is 5.73 Å². The number of amides is 1. The van der Waals surface area contributed by atoms with Crippen molar-refractivity contribution in [3.63, 3.8) is 0 Å². The van der Waals surface area contributed by atoms with E-state index in [1.54, 1.807) is 18.2 Å². The number of halogens is 2. The number of carbonyl (C=O) groups excluding carboxylic acids is 1. The number of hydrogen-bond donors (Lipinski definition) is 2. The van der Waals surface area contributed by atoms with Gasteiger partial charge < -0.3 is 20.3 Å². The number of benzene rings is 1. The van der Waals surface area contributed by atoms with Gasteiger partial charge in [0, 0.05) is 17.1 Å². The summed E-state index contributed by atoms with van der Waals surface area (Å²) >= 11 is 5.93. The molecule has 0 radical (unpaired) electrons. The zero-order valence-corrected chi connectivity index (χ0v) is 14.3. The smallest absolute Gasteiger partial charge is 0.249 e. The van der Waals surface area contributed by atoms with E-state index in [1.165, 1.54) is 0 Å². The van der Waals surface area contributed by atoms with Gasteiger partial charge in [0.25, 0.3) is 0 Å². The van der Waals surface area contributed by atoms with Crippen LogP contribution < -0.4 is 11.1 Å². The third kappa shape index (κ3) is 4.45. The molecule has 7 nitrogen and oxygen atoms in total. The Labute approximate surface area is 150 Å². The molecule has 0 bridgehead atoms. The first-order valence-electron chi connectivity index (χ1n) is 7.37. The molecule has 1 amide bonds. The second kappa shape index (κ2) is 8.43. The van der Waals surface area contributed by atoms with Crippen molar-refractivity contribution < 1.29 is 14.1 Å². The Morgan fingerprint density at radius 1 is 1.42 bits per heavy atom. The van der Waals surface area contributed by atoms with Crippen LogP contribution in [0.25, 0.3) is 11.4 Å². The molecule has 3 rings (SSSR count). The van der Waals surface area contributed by atoms with Crippen molar-refractivity contribution in [2.45, 2.75) is 31.6 Å². The van der Waals surface area contributed by atoms with Gasteiger partial charge in [0.1, 0.15) is 6.10 Å². The fourth-order valence-electron chi connectivity index (χ4n) is 2.42. The van der Waals surface area contributed by atoms with Crippen LogP contribution in [-0.2, 0) is 16.1 Å². The summed E-state index contributed by atoms with van der Waals surface area (Å²) < 4.78 is 10.7. The fraction of sp³-hybridized carbons (Fsp3) is 0.400. The molecular formula is C15H18Cl2N4O3. The summed E-state index contributed by atoms with van der Waals surface area (Å²) in [4.78, 5) is 16.3. The van der Waals surface area contributed by atoms with Crippen LogP contribution >= 0.6 is 24.0 Å². The van der Waals surface area contributed by atoms with Gasteiger partial charge in [0.2, 0.25) is 17.6 Å². The van der Waals surface area contributed by atoms with Gasteiger partial charge in [-0.15, -0.1) is 12.4 Å². The highest BCUT2D eigenvalue weighted by molar-refractivity contribution is 6.30. The fourth-order valence-corrected chi connectivity index (χ4v) is 2.61. The first-order valence-corrected chi connectivity index (χ1v) is 7.75. The molecule has 9 heteroatoms. The summed E-state index contributed by atoms with van der Waals surface area (Å²) in [7, 11) is 0. The SMILES string of the molecule is Cl.NC[C@H]1CC[C@@H](C(=O)NCc2nc(-c3cccc(Cl)c3)no2)O1. The third-order valence-electron chi connectivity index (χ3n) is 3.63. The minimum Gasteiger partial charge on any atom is -0.364 e. The van der Waals surface area contributed by atoms with Crippen molar-refractivity contribution in [3.05, 3.63) is 35.2 Å². The van der Waals surface area contributed by atoms with E-state index in [0.717, 1.165) is 12.0 Å². The van der Waals surface area contributed by atoms with Gasteiger partial charge >= 0.3 is 0 Å². The molecule has 1 aromatic heterocycles. The van der Waals surface area contributed by atoms with Crippen LogP contribution in [0.3, 0.4) is 0 Å². The van der Waals surface area contributed by atoms with Gasteiger partial charge in [-0.05, 0) is 25.0 Å². The molecule has 24 heavy (non-hydrogen) atoms. The third-order valence-corrected chi connectivity index (χ3v) is 3.86. The maximum atomic E-state index is 12.0. The molecule has 3 N–H and O–H groups in total. The van der Waals surface area contributed by atoms with E-state index in [2.05, 4.69) is 15.5 Å². The molecule has 1 aliphatic rings. The lowest BCUT2D eigenvalue weighted by Gasteiger charge is -2.11. The molecule has 1 saturated heterocycles. The van der Waals surface area contributed by atoms with Crippen LogP contribution in [0.15, 0.2) is 28.8 Å². The number of nitrogens with one attached hydrogen (secondary N) is 1. The number of nitrogens with two attached hydrogens (primary N) is 1. The first-order chi connectivity index (χ1) is 11.2. The average molecular weight is 373 g/mol. The van der Waals surface area contributed by atoms with Crippen molar-refractivity contribution in [1.82, 2.24) is 15.5 Å². The minimum absolute atomic E-state index is 0. The Hall–Kier alpha value is -1.67. The molecule has 1 fully saturated rings. The Balaban J connectivity index is 0.00000208. The van der Waals surface area contributed by atoms with Crippen LogP contribution in [0.5, 0.6) is 0 Å². The van der Waals surface area contributed by atoms with Crippen molar-refractivity contribution in [3.8, 4) is 11.4 Å². The average Bonchev–Trinajstić information content (AvgIpc) is 3.22. The molecule has 2 heterocycles. The quantitative estimate of drug-likeness (QED) is 0.830. The topological polar surface area (TPSA) is 103 Å². The van der Waals surface area contributed by atoms with Crippen molar-refractivity contribution in [2.75, 3.05) is 6.54 Å². The predicted octanol–water partition coefficient (Wildman–Crippen LogP) is 1.93. The van der Waals surface area contributed by atoms with Crippen molar-refractivity contribution >= 4 is 29.9 Å². The van der Waals surface area contributed by atoms with E-state index >= 15 is 0 Å². The minimum atomic E-state index is -0.459. The Kier molecular flexibility index (Phi) is 6.56. The normalized spacial score (nSPS) is 19.8. The summed E-state index contributed by atoms with van der Waals surface area (Å²) in [5, 5.41) is 7.21. The summed E-state index contributed by atoms with van der Waals surface area (Å²) in [6.07, 6.45) is 0.974. The zero-order chi connectivity index (χ0) is 16.2. The first kappa shape index (κ1) is 18.7. The van der Waals surface area contributed by atoms with E-state index in [-0.39, 0.29) is 31.0 Å². The van der Waals surface area contributed by atoms with Gasteiger partial charge in [-0.1, -0.05) is 28.9 Å². The molecule has 0 unspecified atom stereocenters. The van der Waals surface area contributed by atoms with Crippen LogP contribution in [0.1, 0.15) is 18.7 Å². The molecule has 0 spiro atoms. The molecule has 2 atom stereocenters. The van der Waals surface area contributed by atoms with E-state index < -0.39 is 6.10 Å². The van der Waals surface area contributed by atoms with Gasteiger partial charge in [-0.3, -0.25) is 4.79 Å². The largest absolute Gasteiger partial charge is 0.364 e. The van der Waals surface area contributed by atoms with Crippen LogP contribution in [0, 0.1) is 0 Å². The summed E-state index contributed by atoms with van der Waals surface area (Å²) in [5.74, 6) is 0.558.